The third-order valence-corrected chi connectivity index (χ3v) is 3.52. The van der Waals surface area contributed by atoms with Gasteiger partial charge >= 0.3 is 0 Å². The second kappa shape index (κ2) is 10.6. The van der Waals surface area contributed by atoms with Crippen LogP contribution in [0.4, 0.5) is 5.82 Å². The van der Waals surface area contributed by atoms with Gasteiger partial charge in [-0.2, -0.15) is 0 Å². The Bertz CT molecular complexity index is 446. The van der Waals surface area contributed by atoms with Crippen molar-refractivity contribution in [3.63, 3.8) is 0 Å². The first kappa shape index (κ1) is 19.0. The number of guanidine groups is 1. The Morgan fingerprint density at radius 1 is 1.32 bits per heavy atom. The minimum absolute atomic E-state index is 0. The average molecular weight is 419 g/mol. The monoisotopic (exact) mass is 419 g/mol. The largest absolute Gasteiger partial charge is 0.383 e. The molecule has 0 spiro atoms. The van der Waals surface area contributed by atoms with Crippen molar-refractivity contribution in [1.82, 2.24) is 15.6 Å². The molecule has 1 aromatic heterocycles. The average Bonchev–Trinajstić information content (AvgIpc) is 3.06. The number of methoxy groups -OCH3 is 1. The summed E-state index contributed by atoms with van der Waals surface area (Å²) in [5.41, 5.74) is 1.15. The summed E-state index contributed by atoms with van der Waals surface area (Å²) in [6, 6.07) is 4.22. The Balaban J connectivity index is 0.00000242. The maximum absolute atomic E-state index is 5.00. The Kier molecular flexibility index (Phi) is 9.14. The normalized spacial score (nSPS) is 14.6. The molecule has 22 heavy (non-hydrogen) atoms. The van der Waals surface area contributed by atoms with Crippen LogP contribution < -0.4 is 15.5 Å². The fourth-order valence-corrected chi connectivity index (χ4v) is 2.33. The molecule has 1 aromatic rings. The molecule has 0 saturated carbocycles. The van der Waals surface area contributed by atoms with Gasteiger partial charge in [0.15, 0.2) is 5.96 Å². The van der Waals surface area contributed by atoms with Gasteiger partial charge in [0.05, 0.1) is 6.61 Å². The lowest BCUT2D eigenvalue weighted by Crippen LogP contribution is -2.38. The maximum Gasteiger partial charge on any atom is 0.191 e. The lowest BCUT2D eigenvalue weighted by atomic mass is 10.3. The van der Waals surface area contributed by atoms with E-state index in [4.69, 9.17) is 4.74 Å². The minimum Gasteiger partial charge on any atom is -0.383 e. The smallest absolute Gasteiger partial charge is 0.191 e. The van der Waals surface area contributed by atoms with Gasteiger partial charge in [0, 0.05) is 46.5 Å². The first-order chi connectivity index (χ1) is 10.3. The Morgan fingerprint density at radius 2 is 2.09 bits per heavy atom. The number of ether oxygens (including phenoxy) is 1. The van der Waals surface area contributed by atoms with Crippen molar-refractivity contribution >= 4 is 35.8 Å². The molecule has 0 radical (unpaired) electrons. The van der Waals surface area contributed by atoms with Crippen molar-refractivity contribution in [1.29, 1.82) is 0 Å². The lowest BCUT2D eigenvalue weighted by molar-refractivity contribution is 0.203. The number of hydrogen-bond donors (Lipinski definition) is 2. The fraction of sp³-hybridized carbons (Fsp3) is 0.600. The van der Waals surface area contributed by atoms with Crippen LogP contribution in [-0.4, -0.2) is 51.3 Å². The van der Waals surface area contributed by atoms with Crippen molar-refractivity contribution in [3.8, 4) is 0 Å². The van der Waals surface area contributed by atoms with E-state index in [2.05, 4.69) is 37.6 Å². The molecule has 0 atom stereocenters. The molecule has 2 heterocycles. The SMILES string of the molecule is CN=C(NCCOC)NCc1ccc(N2CCCC2)nc1.I. The van der Waals surface area contributed by atoms with Gasteiger partial charge in [-0.3, -0.25) is 4.99 Å². The van der Waals surface area contributed by atoms with Crippen molar-refractivity contribution in [2.24, 2.45) is 4.99 Å². The summed E-state index contributed by atoms with van der Waals surface area (Å²) in [7, 11) is 3.45. The molecule has 0 bridgehead atoms. The maximum atomic E-state index is 5.00. The van der Waals surface area contributed by atoms with Crippen LogP contribution >= 0.6 is 24.0 Å². The van der Waals surface area contributed by atoms with Gasteiger partial charge in [0.1, 0.15) is 5.82 Å². The molecular formula is C15H26IN5O. The molecule has 6 nitrogen and oxygen atoms in total. The van der Waals surface area contributed by atoms with Gasteiger partial charge in [-0.25, -0.2) is 4.98 Å². The standard InChI is InChI=1S/C15H25N5O.HI/c1-16-15(17-7-10-21-2)19-12-13-5-6-14(18-11-13)20-8-3-4-9-20;/h5-6,11H,3-4,7-10,12H2,1-2H3,(H2,16,17,19);1H. The van der Waals surface area contributed by atoms with Crippen LogP contribution in [0.15, 0.2) is 23.3 Å². The van der Waals surface area contributed by atoms with E-state index in [9.17, 15) is 0 Å². The Morgan fingerprint density at radius 3 is 2.68 bits per heavy atom. The molecule has 1 saturated heterocycles. The van der Waals surface area contributed by atoms with Crippen LogP contribution in [-0.2, 0) is 11.3 Å². The number of rotatable bonds is 6. The van der Waals surface area contributed by atoms with Crippen LogP contribution in [0, 0.1) is 0 Å². The van der Waals surface area contributed by atoms with E-state index in [0.717, 1.165) is 37.0 Å². The Labute approximate surface area is 149 Å². The van der Waals surface area contributed by atoms with Crippen molar-refractivity contribution in [2.75, 3.05) is 45.3 Å². The molecule has 0 aliphatic carbocycles. The van der Waals surface area contributed by atoms with Crippen LogP contribution in [0.1, 0.15) is 18.4 Å². The van der Waals surface area contributed by atoms with Crippen molar-refractivity contribution in [3.05, 3.63) is 23.9 Å². The summed E-state index contributed by atoms with van der Waals surface area (Å²) in [4.78, 5) is 11.0. The quantitative estimate of drug-likeness (QED) is 0.318. The van der Waals surface area contributed by atoms with Gasteiger partial charge in [0.2, 0.25) is 0 Å². The third kappa shape index (κ3) is 5.96. The molecule has 0 unspecified atom stereocenters. The van der Waals surface area contributed by atoms with Crippen LogP contribution in [0.2, 0.25) is 0 Å². The van der Waals surface area contributed by atoms with Crippen LogP contribution in [0.5, 0.6) is 0 Å². The molecule has 2 rings (SSSR count). The summed E-state index contributed by atoms with van der Waals surface area (Å²) in [5.74, 6) is 1.86. The van der Waals surface area contributed by atoms with E-state index < -0.39 is 0 Å². The molecule has 2 N–H and O–H groups in total. The molecule has 1 aliphatic rings. The summed E-state index contributed by atoms with van der Waals surface area (Å²) in [6.45, 7) is 4.36. The number of aliphatic imine (C=N–C) groups is 1. The summed E-state index contributed by atoms with van der Waals surface area (Å²) in [5, 5.41) is 6.45. The van der Waals surface area contributed by atoms with Gasteiger partial charge in [0.25, 0.3) is 0 Å². The van der Waals surface area contributed by atoms with Crippen LogP contribution in [0.3, 0.4) is 0 Å². The second-order valence-corrected chi connectivity index (χ2v) is 5.06. The highest BCUT2D eigenvalue weighted by Crippen LogP contribution is 2.17. The number of nitrogens with zero attached hydrogens (tertiary/aromatic N) is 3. The predicted octanol–water partition coefficient (Wildman–Crippen LogP) is 1.61. The van der Waals surface area contributed by atoms with Gasteiger partial charge in [-0.15, -0.1) is 24.0 Å². The highest BCUT2D eigenvalue weighted by atomic mass is 127. The Hall–Kier alpha value is -1.09. The zero-order valence-electron chi connectivity index (χ0n) is 13.3. The molecule has 0 aromatic carbocycles. The molecule has 1 aliphatic heterocycles. The molecule has 1 fully saturated rings. The number of anilines is 1. The number of halogens is 1. The third-order valence-electron chi connectivity index (χ3n) is 3.52. The zero-order chi connectivity index (χ0) is 14.9. The van der Waals surface area contributed by atoms with Crippen molar-refractivity contribution < 1.29 is 4.74 Å². The summed E-state index contributed by atoms with van der Waals surface area (Å²) >= 11 is 0. The molecule has 124 valence electrons. The van der Waals surface area contributed by atoms with Gasteiger partial charge in [-0.1, -0.05) is 6.07 Å². The highest BCUT2D eigenvalue weighted by molar-refractivity contribution is 14.0. The summed E-state index contributed by atoms with van der Waals surface area (Å²) in [6.07, 6.45) is 4.48. The van der Waals surface area contributed by atoms with E-state index in [1.54, 1.807) is 14.2 Å². The highest BCUT2D eigenvalue weighted by Gasteiger charge is 2.12. The van der Waals surface area contributed by atoms with Crippen molar-refractivity contribution in [2.45, 2.75) is 19.4 Å². The van der Waals surface area contributed by atoms with Gasteiger partial charge < -0.3 is 20.3 Å². The first-order valence-corrected chi connectivity index (χ1v) is 7.47. The van der Waals surface area contributed by atoms with E-state index in [1.165, 1.54) is 12.8 Å². The number of aromatic nitrogens is 1. The molecule has 7 heteroatoms. The summed E-state index contributed by atoms with van der Waals surface area (Å²) < 4.78 is 5.00. The van der Waals surface area contributed by atoms with Gasteiger partial charge in [-0.05, 0) is 24.5 Å². The predicted molar refractivity (Wildman–Crippen MR) is 101 cm³/mol. The molecule has 0 amide bonds. The number of hydrogen-bond acceptors (Lipinski definition) is 4. The molecular weight excluding hydrogens is 393 g/mol. The second-order valence-electron chi connectivity index (χ2n) is 5.06. The first-order valence-electron chi connectivity index (χ1n) is 7.47. The van der Waals surface area contributed by atoms with E-state index in [1.807, 2.05) is 6.20 Å². The van der Waals surface area contributed by atoms with E-state index >= 15 is 0 Å². The van der Waals surface area contributed by atoms with E-state index in [-0.39, 0.29) is 24.0 Å². The van der Waals surface area contributed by atoms with Crippen LogP contribution in [0.25, 0.3) is 0 Å². The minimum atomic E-state index is 0. The zero-order valence-corrected chi connectivity index (χ0v) is 15.7. The topological polar surface area (TPSA) is 61.8 Å². The number of nitrogens with one attached hydrogen (secondary N) is 2. The van der Waals surface area contributed by atoms with E-state index in [0.29, 0.717) is 13.2 Å². The number of pyridine rings is 1. The lowest BCUT2D eigenvalue weighted by Gasteiger charge is -2.16. The fourth-order valence-electron chi connectivity index (χ4n) is 2.33.